The molecule has 2 aromatic heterocycles. The fourth-order valence-electron chi connectivity index (χ4n) is 5.58. The SMILES string of the molecule is Cc1ncc(-c2cc(CCC(=O)[C@@H]3C4CC(C4)N3S(=O)(=O)c3ccc(F)cc3)c(C3CC3)cn2)cn1. The van der Waals surface area contributed by atoms with Crippen LogP contribution in [0.4, 0.5) is 4.39 Å². The molecule has 2 saturated heterocycles. The van der Waals surface area contributed by atoms with Gasteiger partial charge in [0, 0.05) is 36.6 Å². The molecule has 4 fully saturated rings. The lowest BCUT2D eigenvalue weighted by molar-refractivity contribution is -0.122. The summed E-state index contributed by atoms with van der Waals surface area (Å²) in [4.78, 5) is 26.7. The van der Waals surface area contributed by atoms with Crippen molar-refractivity contribution in [1.82, 2.24) is 19.3 Å². The van der Waals surface area contributed by atoms with Gasteiger partial charge < -0.3 is 0 Å². The summed E-state index contributed by atoms with van der Waals surface area (Å²) in [5.74, 6) is 0.672. The third-order valence-corrected chi connectivity index (χ3v) is 9.66. The summed E-state index contributed by atoms with van der Waals surface area (Å²) in [6.45, 7) is 1.83. The van der Waals surface area contributed by atoms with Crippen LogP contribution in [0.1, 0.15) is 55.0 Å². The number of fused-ring (bicyclic) bond motifs is 1. The number of carbonyl (C=O) groups excluding carboxylic acids is 1. The largest absolute Gasteiger partial charge is 0.298 e. The van der Waals surface area contributed by atoms with Crippen molar-refractivity contribution in [3.63, 3.8) is 0 Å². The van der Waals surface area contributed by atoms with Crippen molar-refractivity contribution in [2.75, 3.05) is 0 Å². The van der Waals surface area contributed by atoms with Crippen molar-refractivity contribution < 1.29 is 17.6 Å². The molecule has 1 aromatic carbocycles. The van der Waals surface area contributed by atoms with Crippen LogP contribution in [0.2, 0.25) is 0 Å². The summed E-state index contributed by atoms with van der Waals surface area (Å²) in [6.07, 6.45) is 9.85. The van der Waals surface area contributed by atoms with Gasteiger partial charge in [-0.3, -0.25) is 9.78 Å². The summed E-state index contributed by atoms with van der Waals surface area (Å²) in [6, 6.07) is 6.05. The molecule has 3 aromatic rings. The van der Waals surface area contributed by atoms with Crippen molar-refractivity contribution in [2.45, 2.75) is 68.3 Å². The maximum atomic E-state index is 13.5. The lowest BCUT2D eigenvalue weighted by Crippen LogP contribution is -2.41. The maximum Gasteiger partial charge on any atom is 0.243 e. The summed E-state index contributed by atoms with van der Waals surface area (Å²) < 4.78 is 41.5. The van der Waals surface area contributed by atoms with E-state index < -0.39 is 21.9 Å². The van der Waals surface area contributed by atoms with Crippen LogP contribution < -0.4 is 0 Å². The van der Waals surface area contributed by atoms with Gasteiger partial charge in [-0.1, -0.05) is 0 Å². The van der Waals surface area contributed by atoms with Crippen molar-refractivity contribution >= 4 is 15.8 Å². The number of sulfonamides is 1. The Morgan fingerprint density at radius 1 is 1.06 bits per heavy atom. The van der Waals surface area contributed by atoms with E-state index in [1.807, 2.05) is 19.2 Å². The second-order valence-corrected chi connectivity index (χ2v) is 12.0. The maximum absolute atomic E-state index is 13.5. The average Bonchev–Trinajstić information content (AvgIpc) is 3.51. The lowest BCUT2D eigenvalue weighted by atomic mass is 9.81. The number of Topliss-reactive ketones (excluding diaryl/α,β-unsaturated/α-hetero) is 1. The van der Waals surface area contributed by atoms with E-state index in [2.05, 4.69) is 15.0 Å². The van der Waals surface area contributed by atoms with Crippen LogP contribution in [0, 0.1) is 18.7 Å². The van der Waals surface area contributed by atoms with E-state index in [1.165, 1.54) is 22.0 Å². The number of aryl methyl sites for hydroxylation is 2. The van der Waals surface area contributed by atoms with Gasteiger partial charge in [0.2, 0.25) is 10.0 Å². The first-order valence-electron chi connectivity index (χ1n) is 12.4. The fourth-order valence-corrected chi connectivity index (χ4v) is 7.46. The Morgan fingerprint density at radius 3 is 2.42 bits per heavy atom. The Morgan fingerprint density at radius 2 is 1.75 bits per heavy atom. The number of aromatic nitrogens is 3. The molecule has 0 amide bonds. The van der Waals surface area contributed by atoms with E-state index in [9.17, 15) is 17.6 Å². The molecule has 0 spiro atoms. The van der Waals surface area contributed by atoms with Gasteiger partial charge in [0.25, 0.3) is 0 Å². The molecule has 7 nitrogen and oxygen atoms in total. The first kappa shape index (κ1) is 23.4. The minimum atomic E-state index is -3.88. The molecule has 2 aliphatic heterocycles. The van der Waals surface area contributed by atoms with Gasteiger partial charge in [-0.15, -0.1) is 0 Å². The topological polar surface area (TPSA) is 93.1 Å². The molecule has 2 saturated carbocycles. The van der Waals surface area contributed by atoms with Crippen LogP contribution in [0.3, 0.4) is 0 Å². The van der Waals surface area contributed by atoms with Gasteiger partial charge >= 0.3 is 0 Å². The highest BCUT2D eigenvalue weighted by atomic mass is 32.2. The minimum absolute atomic E-state index is 0.0318. The molecule has 0 N–H and O–H groups in total. The predicted octanol–water partition coefficient (Wildman–Crippen LogP) is 4.22. The Labute approximate surface area is 209 Å². The average molecular weight is 507 g/mol. The third kappa shape index (κ3) is 4.14. The molecule has 2 bridgehead atoms. The quantitative estimate of drug-likeness (QED) is 0.454. The van der Waals surface area contributed by atoms with Crippen LogP contribution in [0.5, 0.6) is 0 Å². The van der Waals surface area contributed by atoms with Gasteiger partial charge in [0.05, 0.1) is 16.6 Å². The molecule has 4 aliphatic rings. The second-order valence-electron chi connectivity index (χ2n) is 10.1. The third-order valence-electron chi connectivity index (χ3n) is 7.71. The Bertz CT molecular complexity index is 1420. The van der Waals surface area contributed by atoms with Crippen LogP contribution >= 0.6 is 0 Å². The number of halogens is 1. The van der Waals surface area contributed by atoms with Crippen LogP contribution in [-0.2, 0) is 21.2 Å². The molecule has 9 heteroatoms. The Hall–Kier alpha value is -3.04. The first-order chi connectivity index (χ1) is 17.3. The zero-order valence-corrected chi connectivity index (χ0v) is 20.8. The minimum Gasteiger partial charge on any atom is -0.298 e. The zero-order chi connectivity index (χ0) is 25.0. The molecular weight excluding hydrogens is 479 g/mol. The highest BCUT2D eigenvalue weighted by Crippen LogP contribution is 2.49. The first-order valence-corrected chi connectivity index (χ1v) is 13.8. The van der Waals surface area contributed by atoms with Crippen LogP contribution in [0.15, 0.2) is 53.8 Å². The normalized spacial score (nSPS) is 23.4. The molecule has 2 aliphatic carbocycles. The number of hydrogen-bond donors (Lipinski definition) is 0. The molecule has 4 heterocycles. The summed E-state index contributed by atoms with van der Waals surface area (Å²) in [5, 5.41) is 0. The Kier molecular flexibility index (Phi) is 5.72. The van der Waals surface area contributed by atoms with Gasteiger partial charge in [-0.25, -0.2) is 22.8 Å². The van der Waals surface area contributed by atoms with Gasteiger partial charge in [0.1, 0.15) is 11.6 Å². The van der Waals surface area contributed by atoms with E-state index in [4.69, 9.17) is 0 Å². The van der Waals surface area contributed by atoms with Gasteiger partial charge in [0.15, 0.2) is 5.78 Å². The lowest BCUT2D eigenvalue weighted by Gasteiger charge is -2.25. The van der Waals surface area contributed by atoms with Crippen molar-refractivity contribution in [3.8, 4) is 11.3 Å². The molecule has 0 radical (unpaired) electrons. The number of benzene rings is 1. The Balaban J connectivity index is 1.23. The van der Waals surface area contributed by atoms with Crippen molar-refractivity contribution in [3.05, 3.63) is 71.7 Å². The molecular formula is C27H27FN4O3S. The summed E-state index contributed by atoms with van der Waals surface area (Å²) in [5.41, 5.74) is 3.84. The summed E-state index contributed by atoms with van der Waals surface area (Å²) in [7, 11) is -3.88. The number of carbonyl (C=O) groups is 1. The number of rotatable bonds is 8. The molecule has 36 heavy (non-hydrogen) atoms. The van der Waals surface area contributed by atoms with E-state index >= 15 is 0 Å². The van der Waals surface area contributed by atoms with E-state index in [0.29, 0.717) is 31.0 Å². The monoisotopic (exact) mass is 506 g/mol. The van der Waals surface area contributed by atoms with Crippen LogP contribution in [-0.4, -0.2) is 45.5 Å². The van der Waals surface area contributed by atoms with Gasteiger partial charge in [-0.05, 0) is 92.3 Å². The predicted molar refractivity (Wildman–Crippen MR) is 131 cm³/mol. The van der Waals surface area contributed by atoms with Crippen molar-refractivity contribution in [2.24, 2.45) is 5.92 Å². The highest BCUT2D eigenvalue weighted by Gasteiger charge is 2.58. The molecule has 7 rings (SSSR count). The van der Waals surface area contributed by atoms with E-state index in [1.54, 1.807) is 12.4 Å². The van der Waals surface area contributed by atoms with Crippen molar-refractivity contribution in [1.29, 1.82) is 0 Å². The standard InChI is InChI=1S/C27H27FN4O3S/c1-16-29-13-20(14-30-16)25-12-18(24(15-31-25)17-2-3-17)4-9-26(33)27-19-10-22(11-19)32(27)36(34,35)23-7-5-21(28)6-8-23/h5-8,12-15,17,19,22,27H,2-4,9-11H2,1H3/t19?,22?,27-/m0/s1. The fraction of sp³-hybridized carbons (Fsp3) is 0.407. The summed E-state index contributed by atoms with van der Waals surface area (Å²) >= 11 is 0. The molecule has 1 atom stereocenters. The number of hydrogen-bond acceptors (Lipinski definition) is 6. The number of pyridine rings is 1. The molecule has 186 valence electrons. The number of nitrogens with zero attached hydrogens (tertiary/aromatic N) is 4. The van der Waals surface area contributed by atoms with Gasteiger partial charge in [-0.2, -0.15) is 4.31 Å². The zero-order valence-electron chi connectivity index (χ0n) is 20.0. The van der Waals surface area contributed by atoms with Crippen LogP contribution in [0.25, 0.3) is 11.3 Å². The second kappa shape index (κ2) is 8.81. The van der Waals surface area contributed by atoms with E-state index in [-0.39, 0.29) is 29.1 Å². The van der Waals surface area contributed by atoms with E-state index in [0.717, 1.165) is 41.8 Å². The number of ketones is 1. The molecule has 0 unspecified atom stereocenters. The smallest absolute Gasteiger partial charge is 0.243 e. The highest BCUT2D eigenvalue weighted by molar-refractivity contribution is 7.89.